The molecule has 1 aromatic carbocycles. The van der Waals surface area contributed by atoms with Crippen molar-refractivity contribution < 1.29 is 9.53 Å². The summed E-state index contributed by atoms with van der Waals surface area (Å²) in [7, 11) is 0. The number of hydrogen-bond acceptors (Lipinski definition) is 3. The molecule has 0 saturated carbocycles. The van der Waals surface area contributed by atoms with E-state index in [0.29, 0.717) is 30.3 Å². The number of benzene rings is 1. The Morgan fingerprint density at radius 3 is 2.89 bits per heavy atom. The Balaban J connectivity index is 2.59. The van der Waals surface area contributed by atoms with Crippen molar-refractivity contribution in [3.8, 4) is 5.75 Å². The van der Waals surface area contributed by atoms with Gasteiger partial charge in [-0.1, -0.05) is 11.6 Å². The molecule has 0 fully saturated rings. The van der Waals surface area contributed by atoms with Gasteiger partial charge in [0.05, 0.1) is 13.0 Å². The molecule has 5 heteroatoms. The molecule has 1 aromatic rings. The summed E-state index contributed by atoms with van der Waals surface area (Å²) in [5.41, 5.74) is 6.69. The van der Waals surface area contributed by atoms with Crippen LogP contribution in [0.4, 0.5) is 0 Å². The fourth-order valence-corrected chi connectivity index (χ4v) is 1.73. The predicted octanol–water partition coefficient (Wildman–Crippen LogP) is 2.26. The van der Waals surface area contributed by atoms with Crippen LogP contribution in [0.1, 0.15) is 31.9 Å². The fourth-order valence-electron chi connectivity index (χ4n) is 1.55. The standard InChI is InChI=1S/C13H19ClN2O2/c1-3-16-13(17)6-7-18-12-5-4-10(14)8-11(12)9(2)15/h4-5,8-9H,3,6-7,15H2,1-2H3,(H,16,17)/t9-/m1/s1. The average Bonchev–Trinajstić information content (AvgIpc) is 2.31. The predicted molar refractivity (Wildman–Crippen MR) is 72.9 cm³/mol. The lowest BCUT2D eigenvalue weighted by Gasteiger charge is -2.14. The van der Waals surface area contributed by atoms with Crippen molar-refractivity contribution >= 4 is 17.5 Å². The van der Waals surface area contributed by atoms with Gasteiger partial charge >= 0.3 is 0 Å². The van der Waals surface area contributed by atoms with E-state index in [4.69, 9.17) is 22.1 Å². The molecule has 0 aromatic heterocycles. The second-order valence-electron chi connectivity index (χ2n) is 4.02. The fraction of sp³-hybridized carbons (Fsp3) is 0.462. The molecule has 0 unspecified atom stereocenters. The third-order valence-corrected chi connectivity index (χ3v) is 2.66. The van der Waals surface area contributed by atoms with Crippen LogP contribution in [0.25, 0.3) is 0 Å². The maximum Gasteiger partial charge on any atom is 0.223 e. The number of ether oxygens (including phenoxy) is 1. The second kappa shape index (κ2) is 7.24. The molecule has 0 aliphatic rings. The lowest BCUT2D eigenvalue weighted by Crippen LogP contribution is -2.24. The summed E-state index contributed by atoms with van der Waals surface area (Å²) in [6.45, 7) is 4.70. The largest absolute Gasteiger partial charge is 0.493 e. The van der Waals surface area contributed by atoms with Gasteiger partial charge in [-0.3, -0.25) is 4.79 Å². The summed E-state index contributed by atoms with van der Waals surface area (Å²) in [4.78, 5) is 11.3. The third-order valence-electron chi connectivity index (χ3n) is 2.42. The van der Waals surface area contributed by atoms with Crippen LogP contribution in [0, 0.1) is 0 Å². The van der Waals surface area contributed by atoms with Gasteiger partial charge in [0, 0.05) is 23.2 Å². The first kappa shape index (κ1) is 14.8. The number of nitrogens with one attached hydrogen (secondary N) is 1. The third kappa shape index (κ3) is 4.55. The van der Waals surface area contributed by atoms with Gasteiger partial charge in [-0.05, 0) is 32.0 Å². The summed E-state index contributed by atoms with van der Waals surface area (Å²) in [5, 5.41) is 3.34. The molecule has 1 amide bonds. The van der Waals surface area contributed by atoms with Crippen molar-refractivity contribution in [3.63, 3.8) is 0 Å². The quantitative estimate of drug-likeness (QED) is 0.833. The number of carbonyl (C=O) groups is 1. The van der Waals surface area contributed by atoms with Crippen molar-refractivity contribution in [1.29, 1.82) is 0 Å². The van der Waals surface area contributed by atoms with Crippen LogP contribution < -0.4 is 15.8 Å². The molecule has 0 bridgehead atoms. The first-order chi connectivity index (χ1) is 8.54. The van der Waals surface area contributed by atoms with Gasteiger partial charge in [0.15, 0.2) is 0 Å². The van der Waals surface area contributed by atoms with Crippen molar-refractivity contribution in [2.45, 2.75) is 26.3 Å². The summed E-state index contributed by atoms with van der Waals surface area (Å²) in [5.74, 6) is 0.660. The first-order valence-corrected chi connectivity index (χ1v) is 6.37. The van der Waals surface area contributed by atoms with E-state index >= 15 is 0 Å². The number of nitrogens with two attached hydrogens (primary N) is 1. The molecule has 0 aliphatic heterocycles. The highest BCUT2D eigenvalue weighted by Gasteiger charge is 2.09. The average molecular weight is 271 g/mol. The van der Waals surface area contributed by atoms with E-state index in [1.807, 2.05) is 13.8 Å². The first-order valence-electron chi connectivity index (χ1n) is 5.99. The summed E-state index contributed by atoms with van der Waals surface area (Å²) >= 11 is 5.91. The van der Waals surface area contributed by atoms with E-state index in [0.717, 1.165) is 5.56 Å². The minimum Gasteiger partial charge on any atom is -0.493 e. The Morgan fingerprint density at radius 2 is 2.28 bits per heavy atom. The highest BCUT2D eigenvalue weighted by molar-refractivity contribution is 6.30. The Bertz CT molecular complexity index is 408. The van der Waals surface area contributed by atoms with Crippen molar-refractivity contribution in [1.82, 2.24) is 5.32 Å². The highest BCUT2D eigenvalue weighted by atomic mass is 35.5. The molecule has 0 spiro atoms. The van der Waals surface area contributed by atoms with Gasteiger partial charge in [-0.15, -0.1) is 0 Å². The number of hydrogen-bond donors (Lipinski definition) is 2. The monoisotopic (exact) mass is 270 g/mol. The van der Waals surface area contributed by atoms with E-state index < -0.39 is 0 Å². The SMILES string of the molecule is CCNC(=O)CCOc1ccc(Cl)cc1[C@@H](C)N. The molecule has 3 N–H and O–H groups in total. The zero-order chi connectivity index (χ0) is 13.5. The van der Waals surface area contributed by atoms with Crippen molar-refractivity contribution in [2.75, 3.05) is 13.2 Å². The summed E-state index contributed by atoms with van der Waals surface area (Å²) < 4.78 is 5.57. The molecular formula is C13H19ClN2O2. The molecule has 0 heterocycles. The number of amides is 1. The lowest BCUT2D eigenvalue weighted by molar-refractivity contribution is -0.121. The van der Waals surface area contributed by atoms with Gasteiger partial charge in [0.1, 0.15) is 5.75 Å². The van der Waals surface area contributed by atoms with E-state index in [1.54, 1.807) is 18.2 Å². The minimum absolute atomic E-state index is 0.0196. The molecule has 1 atom stereocenters. The van der Waals surface area contributed by atoms with Gasteiger partial charge in [0.25, 0.3) is 0 Å². The molecule has 100 valence electrons. The molecule has 4 nitrogen and oxygen atoms in total. The minimum atomic E-state index is -0.164. The van der Waals surface area contributed by atoms with Gasteiger partial charge in [-0.25, -0.2) is 0 Å². The molecular weight excluding hydrogens is 252 g/mol. The second-order valence-corrected chi connectivity index (χ2v) is 4.46. The van der Waals surface area contributed by atoms with Crippen LogP contribution in [-0.4, -0.2) is 19.1 Å². The van der Waals surface area contributed by atoms with E-state index in [2.05, 4.69) is 5.32 Å². The maximum absolute atomic E-state index is 11.3. The van der Waals surface area contributed by atoms with E-state index in [1.165, 1.54) is 0 Å². The van der Waals surface area contributed by atoms with Gasteiger partial charge in [-0.2, -0.15) is 0 Å². The van der Waals surface area contributed by atoms with Crippen LogP contribution in [0.2, 0.25) is 5.02 Å². The van der Waals surface area contributed by atoms with Crippen molar-refractivity contribution in [3.05, 3.63) is 28.8 Å². The number of carbonyl (C=O) groups excluding carboxylic acids is 1. The number of halogens is 1. The molecule has 0 radical (unpaired) electrons. The Hall–Kier alpha value is -1.26. The van der Waals surface area contributed by atoms with Crippen LogP contribution in [0.3, 0.4) is 0 Å². The lowest BCUT2D eigenvalue weighted by atomic mass is 10.1. The van der Waals surface area contributed by atoms with E-state index in [-0.39, 0.29) is 11.9 Å². The topological polar surface area (TPSA) is 64.3 Å². The molecule has 0 saturated heterocycles. The Morgan fingerprint density at radius 1 is 1.56 bits per heavy atom. The maximum atomic E-state index is 11.3. The molecule has 18 heavy (non-hydrogen) atoms. The van der Waals surface area contributed by atoms with Gasteiger partial charge < -0.3 is 15.8 Å². The summed E-state index contributed by atoms with van der Waals surface area (Å²) in [6, 6.07) is 5.14. The zero-order valence-electron chi connectivity index (χ0n) is 10.7. The van der Waals surface area contributed by atoms with Gasteiger partial charge in [0.2, 0.25) is 5.91 Å². The van der Waals surface area contributed by atoms with Crippen LogP contribution in [0.15, 0.2) is 18.2 Å². The van der Waals surface area contributed by atoms with Crippen molar-refractivity contribution in [2.24, 2.45) is 5.73 Å². The normalized spacial score (nSPS) is 12.0. The molecule has 0 aliphatic carbocycles. The summed E-state index contributed by atoms with van der Waals surface area (Å²) in [6.07, 6.45) is 0.328. The zero-order valence-corrected chi connectivity index (χ0v) is 11.5. The van der Waals surface area contributed by atoms with E-state index in [9.17, 15) is 4.79 Å². The smallest absolute Gasteiger partial charge is 0.223 e. The van der Waals surface area contributed by atoms with Crippen LogP contribution in [0.5, 0.6) is 5.75 Å². The van der Waals surface area contributed by atoms with Crippen LogP contribution in [-0.2, 0) is 4.79 Å². The van der Waals surface area contributed by atoms with Crippen LogP contribution >= 0.6 is 11.6 Å². The number of rotatable bonds is 6. The molecule has 1 rings (SSSR count). The Labute approximate surface area is 112 Å². The Kier molecular flexibility index (Phi) is 5.95. The highest BCUT2D eigenvalue weighted by Crippen LogP contribution is 2.27.